The number of methoxy groups -OCH3 is 1. The Morgan fingerprint density at radius 3 is 2.17 bits per heavy atom. The molecule has 0 radical (unpaired) electrons. The monoisotopic (exact) mass is 190 g/mol. The van der Waals surface area contributed by atoms with Crippen LogP contribution in [0.5, 0.6) is 0 Å². The fourth-order valence-electron chi connectivity index (χ4n) is 1.93. The molecule has 1 aliphatic rings. The summed E-state index contributed by atoms with van der Waals surface area (Å²) < 4.78 is 16.4. The van der Waals surface area contributed by atoms with E-state index in [9.17, 15) is 0 Å². The highest BCUT2D eigenvalue weighted by atomic mass is 28.4. The first-order valence-electron chi connectivity index (χ1n) is 4.42. The van der Waals surface area contributed by atoms with Gasteiger partial charge in [0.05, 0.1) is 0 Å². The summed E-state index contributed by atoms with van der Waals surface area (Å²) in [5.41, 5.74) is 0.223. The second kappa shape index (κ2) is 4.37. The van der Waals surface area contributed by atoms with E-state index >= 15 is 0 Å². The standard InChI is InChI=1S/C8H18O3Si/c1-9-8-6-4-5-7-12(8,10-2)11-3/h8H,4-7H2,1-3H3. The zero-order valence-electron chi connectivity index (χ0n) is 8.13. The van der Waals surface area contributed by atoms with E-state index in [4.69, 9.17) is 13.6 Å². The minimum atomic E-state index is -1.98. The molecule has 1 heterocycles. The Morgan fingerprint density at radius 2 is 1.75 bits per heavy atom. The fourth-order valence-corrected chi connectivity index (χ4v) is 5.10. The summed E-state index contributed by atoms with van der Waals surface area (Å²) >= 11 is 0. The number of ether oxygens (including phenoxy) is 1. The quantitative estimate of drug-likeness (QED) is 0.631. The molecule has 1 saturated heterocycles. The van der Waals surface area contributed by atoms with Crippen LogP contribution in [0.4, 0.5) is 0 Å². The van der Waals surface area contributed by atoms with Gasteiger partial charge in [0, 0.05) is 21.3 Å². The molecule has 0 aromatic rings. The van der Waals surface area contributed by atoms with Crippen LogP contribution in [0, 0.1) is 0 Å². The lowest BCUT2D eigenvalue weighted by molar-refractivity contribution is 0.0801. The minimum Gasteiger partial charge on any atom is -0.396 e. The van der Waals surface area contributed by atoms with Crippen LogP contribution in [0.1, 0.15) is 19.3 Å². The van der Waals surface area contributed by atoms with Gasteiger partial charge in [-0.1, -0.05) is 12.8 Å². The highest BCUT2D eigenvalue weighted by Crippen LogP contribution is 2.30. The molecule has 0 amide bonds. The first-order chi connectivity index (χ1) is 5.79. The Morgan fingerprint density at radius 1 is 1.08 bits per heavy atom. The summed E-state index contributed by atoms with van der Waals surface area (Å²) in [6.45, 7) is 0. The van der Waals surface area contributed by atoms with E-state index in [-0.39, 0.29) is 5.73 Å². The lowest BCUT2D eigenvalue weighted by Crippen LogP contribution is -2.54. The average molecular weight is 190 g/mol. The van der Waals surface area contributed by atoms with Gasteiger partial charge in [0.15, 0.2) is 0 Å². The van der Waals surface area contributed by atoms with Crippen molar-refractivity contribution in [2.45, 2.75) is 31.0 Å². The molecule has 0 aliphatic carbocycles. The molecule has 3 nitrogen and oxygen atoms in total. The van der Waals surface area contributed by atoms with Crippen molar-refractivity contribution in [1.29, 1.82) is 0 Å². The van der Waals surface area contributed by atoms with E-state index < -0.39 is 8.56 Å². The number of hydrogen-bond donors (Lipinski definition) is 0. The predicted molar refractivity (Wildman–Crippen MR) is 49.2 cm³/mol. The van der Waals surface area contributed by atoms with Gasteiger partial charge in [-0.25, -0.2) is 0 Å². The number of hydrogen-bond acceptors (Lipinski definition) is 3. The van der Waals surface area contributed by atoms with Gasteiger partial charge in [-0.2, -0.15) is 0 Å². The molecule has 1 atom stereocenters. The summed E-state index contributed by atoms with van der Waals surface area (Å²) in [4.78, 5) is 0. The van der Waals surface area contributed by atoms with Crippen LogP contribution in [0.2, 0.25) is 6.04 Å². The van der Waals surface area contributed by atoms with Crippen molar-refractivity contribution >= 4 is 8.56 Å². The van der Waals surface area contributed by atoms with Crippen molar-refractivity contribution in [3.05, 3.63) is 0 Å². The van der Waals surface area contributed by atoms with Crippen molar-refractivity contribution in [3.63, 3.8) is 0 Å². The molecular weight excluding hydrogens is 172 g/mol. The minimum absolute atomic E-state index is 0.223. The van der Waals surface area contributed by atoms with Crippen LogP contribution >= 0.6 is 0 Å². The maximum atomic E-state index is 5.52. The van der Waals surface area contributed by atoms with Gasteiger partial charge in [-0.15, -0.1) is 0 Å². The Hall–Kier alpha value is 0.0969. The Kier molecular flexibility index (Phi) is 3.70. The SMILES string of the molecule is COC1CCCC[Si]1(OC)OC. The molecule has 4 heteroatoms. The molecule has 1 rings (SSSR count). The molecule has 0 aromatic carbocycles. The van der Waals surface area contributed by atoms with Gasteiger partial charge in [0.25, 0.3) is 0 Å². The third-order valence-electron chi connectivity index (χ3n) is 2.71. The highest BCUT2D eigenvalue weighted by molar-refractivity contribution is 6.68. The molecule has 0 N–H and O–H groups in total. The molecule has 0 bridgehead atoms. The van der Waals surface area contributed by atoms with Crippen LogP contribution in [-0.4, -0.2) is 35.6 Å². The van der Waals surface area contributed by atoms with Crippen LogP contribution in [0.15, 0.2) is 0 Å². The smallest absolute Gasteiger partial charge is 0.367 e. The Labute approximate surface area is 75.3 Å². The molecule has 0 aromatic heterocycles. The predicted octanol–water partition coefficient (Wildman–Crippen LogP) is 1.46. The van der Waals surface area contributed by atoms with Crippen LogP contribution in [0.3, 0.4) is 0 Å². The van der Waals surface area contributed by atoms with Gasteiger partial charge in [-0.3, -0.25) is 0 Å². The van der Waals surface area contributed by atoms with Crippen molar-refractivity contribution in [3.8, 4) is 0 Å². The summed E-state index contributed by atoms with van der Waals surface area (Å²) in [5, 5.41) is 0. The van der Waals surface area contributed by atoms with Gasteiger partial charge in [0.2, 0.25) is 0 Å². The fraction of sp³-hybridized carbons (Fsp3) is 1.00. The van der Waals surface area contributed by atoms with Gasteiger partial charge in [-0.05, 0) is 12.5 Å². The molecule has 12 heavy (non-hydrogen) atoms. The lowest BCUT2D eigenvalue weighted by Gasteiger charge is -2.37. The molecule has 1 unspecified atom stereocenters. The molecular formula is C8H18O3Si. The van der Waals surface area contributed by atoms with E-state index in [1.165, 1.54) is 12.8 Å². The van der Waals surface area contributed by atoms with Gasteiger partial charge in [0.1, 0.15) is 5.73 Å². The summed E-state index contributed by atoms with van der Waals surface area (Å²) in [5.74, 6) is 0. The molecule has 0 saturated carbocycles. The number of rotatable bonds is 3. The maximum Gasteiger partial charge on any atom is 0.367 e. The van der Waals surface area contributed by atoms with Crippen LogP contribution in [0.25, 0.3) is 0 Å². The average Bonchev–Trinajstić information content (AvgIpc) is 2.17. The van der Waals surface area contributed by atoms with Crippen molar-refractivity contribution in [2.24, 2.45) is 0 Å². The third-order valence-corrected chi connectivity index (χ3v) is 6.65. The maximum absolute atomic E-state index is 5.52. The summed E-state index contributed by atoms with van der Waals surface area (Å²) in [7, 11) is 3.25. The largest absolute Gasteiger partial charge is 0.396 e. The lowest BCUT2D eigenvalue weighted by atomic mass is 10.2. The van der Waals surface area contributed by atoms with Crippen LogP contribution < -0.4 is 0 Å². The second-order valence-electron chi connectivity index (χ2n) is 3.19. The molecule has 0 spiro atoms. The van der Waals surface area contributed by atoms with E-state index in [2.05, 4.69) is 0 Å². The van der Waals surface area contributed by atoms with Crippen molar-refractivity contribution < 1.29 is 13.6 Å². The second-order valence-corrected chi connectivity index (χ2v) is 6.77. The molecule has 72 valence electrons. The zero-order chi connectivity index (χ0) is 9.03. The normalized spacial score (nSPS) is 28.8. The molecule has 1 aliphatic heterocycles. The van der Waals surface area contributed by atoms with Gasteiger partial charge >= 0.3 is 8.56 Å². The zero-order valence-corrected chi connectivity index (χ0v) is 9.13. The summed E-state index contributed by atoms with van der Waals surface area (Å²) in [6, 6.07) is 1.07. The van der Waals surface area contributed by atoms with E-state index in [1.54, 1.807) is 21.3 Å². The van der Waals surface area contributed by atoms with E-state index in [0.717, 1.165) is 12.5 Å². The van der Waals surface area contributed by atoms with Crippen molar-refractivity contribution in [1.82, 2.24) is 0 Å². The first kappa shape index (κ1) is 10.2. The summed E-state index contributed by atoms with van der Waals surface area (Å²) in [6.07, 6.45) is 3.54. The Bertz CT molecular complexity index is 136. The van der Waals surface area contributed by atoms with Crippen LogP contribution in [-0.2, 0) is 13.6 Å². The van der Waals surface area contributed by atoms with E-state index in [0.29, 0.717) is 0 Å². The first-order valence-corrected chi connectivity index (χ1v) is 6.52. The Balaban J connectivity index is 2.66. The topological polar surface area (TPSA) is 27.7 Å². The molecule has 1 fully saturated rings. The highest BCUT2D eigenvalue weighted by Gasteiger charge is 2.46. The van der Waals surface area contributed by atoms with Crippen molar-refractivity contribution in [2.75, 3.05) is 21.3 Å². The third kappa shape index (κ3) is 1.71. The van der Waals surface area contributed by atoms with Gasteiger partial charge < -0.3 is 13.6 Å². The van der Waals surface area contributed by atoms with E-state index in [1.807, 2.05) is 0 Å².